The number of nitro groups is 1. The first-order valence-electron chi connectivity index (χ1n) is 8.51. The number of rotatable bonds is 3. The van der Waals surface area contributed by atoms with Crippen LogP contribution in [0.4, 0.5) is 11.4 Å². The topological polar surface area (TPSA) is 69.9 Å². The van der Waals surface area contributed by atoms with Gasteiger partial charge in [-0.15, -0.1) is 0 Å². The maximum Gasteiger partial charge on any atom is 0.269 e. The smallest absolute Gasteiger partial charge is 0.269 e. The van der Waals surface area contributed by atoms with Gasteiger partial charge in [0.05, 0.1) is 10.8 Å². The van der Waals surface area contributed by atoms with Gasteiger partial charge in [-0.25, -0.2) is 0 Å². The number of amides is 1. The van der Waals surface area contributed by atoms with Crippen molar-refractivity contribution in [3.8, 4) is 0 Å². The second kappa shape index (κ2) is 7.17. The molecule has 2 fully saturated rings. The number of hydrogen-bond donors (Lipinski definition) is 0. The number of carbonyl (C=O) groups excluding carboxylic acids is 1. The van der Waals surface area contributed by atoms with Crippen LogP contribution in [0.2, 0.25) is 0 Å². The van der Waals surface area contributed by atoms with Crippen LogP contribution in [0, 0.1) is 16.0 Å². The molecule has 1 aromatic rings. The van der Waals surface area contributed by atoms with Crippen LogP contribution in [0.15, 0.2) is 24.3 Å². The molecule has 1 aromatic carbocycles. The van der Waals surface area contributed by atoms with Crippen molar-refractivity contribution in [2.75, 3.05) is 51.2 Å². The molecule has 24 heavy (non-hydrogen) atoms. The van der Waals surface area contributed by atoms with Crippen LogP contribution in [0.5, 0.6) is 0 Å². The Labute approximate surface area is 142 Å². The Morgan fingerprint density at radius 2 is 1.79 bits per heavy atom. The van der Waals surface area contributed by atoms with Gasteiger partial charge in [0.2, 0.25) is 5.91 Å². The maximum absolute atomic E-state index is 12.8. The highest BCUT2D eigenvalue weighted by atomic mass is 16.6. The van der Waals surface area contributed by atoms with Crippen molar-refractivity contribution >= 4 is 17.3 Å². The monoisotopic (exact) mass is 332 g/mol. The number of likely N-dealkylation sites (N-methyl/N-ethyl adjacent to an activating group) is 1. The Morgan fingerprint density at radius 1 is 1.12 bits per heavy atom. The number of nitro benzene ring substituents is 1. The van der Waals surface area contributed by atoms with Gasteiger partial charge in [0.25, 0.3) is 5.69 Å². The molecule has 0 aromatic heterocycles. The molecule has 0 bridgehead atoms. The number of carbonyl (C=O) groups is 1. The lowest BCUT2D eigenvalue weighted by molar-refractivity contribution is -0.384. The molecular formula is C17H24N4O3. The summed E-state index contributed by atoms with van der Waals surface area (Å²) >= 11 is 0. The maximum atomic E-state index is 12.8. The van der Waals surface area contributed by atoms with Crippen molar-refractivity contribution in [3.05, 3.63) is 34.4 Å². The number of nitrogens with zero attached hydrogens (tertiary/aromatic N) is 4. The number of hydrogen-bond acceptors (Lipinski definition) is 5. The Kier molecular flexibility index (Phi) is 4.99. The van der Waals surface area contributed by atoms with Crippen molar-refractivity contribution in [2.24, 2.45) is 5.92 Å². The highest BCUT2D eigenvalue weighted by Crippen LogP contribution is 2.26. The van der Waals surface area contributed by atoms with Crippen LogP contribution in [-0.2, 0) is 4.79 Å². The molecule has 1 atom stereocenters. The molecule has 130 valence electrons. The van der Waals surface area contributed by atoms with E-state index in [2.05, 4.69) is 16.8 Å². The molecule has 2 aliphatic heterocycles. The highest BCUT2D eigenvalue weighted by Gasteiger charge is 2.30. The van der Waals surface area contributed by atoms with Gasteiger partial charge in [0.1, 0.15) is 0 Å². The summed E-state index contributed by atoms with van der Waals surface area (Å²) in [6, 6.07) is 6.62. The molecule has 0 aliphatic carbocycles. The Hall–Kier alpha value is -2.15. The van der Waals surface area contributed by atoms with Crippen molar-refractivity contribution in [2.45, 2.75) is 12.8 Å². The van der Waals surface area contributed by atoms with E-state index in [9.17, 15) is 14.9 Å². The lowest BCUT2D eigenvalue weighted by Crippen LogP contribution is -2.51. The molecule has 1 amide bonds. The first kappa shape index (κ1) is 16.7. The third-order valence-corrected chi connectivity index (χ3v) is 5.01. The third kappa shape index (κ3) is 3.67. The van der Waals surface area contributed by atoms with E-state index in [1.54, 1.807) is 12.1 Å². The average Bonchev–Trinajstić information content (AvgIpc) is 2.62. The summed E-state index contributed by atoms with van der Waals surface area (Å²) in [4.78, 5) is 29.6. The normalized spacial score (nSPS) is 22.5. The fourth-order valence-corrected chi connectivity index (χ4v) is 3.48. The zero-order chi connectivity index (χ0) is 17.1. The lowest BCUT2D eigenvalue weighted by Gasteiger charge is -2.38. The molecule has 0 N–H and O–H groups in total. The number of piperidine rings is 1. The van der Waals surface area contributed by atoms with E-state index in [1.807, 2.05) is 4.90 Å². The number of non-ortho nitro benzene ring substituents is 1. The molecule has 7 heteroatoms. The first-order valence-corrected chi connectivity index (χ1v) is 8.51. The lowest BCUT2D eigenvalue weighted by atomic mass is 9.95. The standard InChI is InChI=1S/C17H24N4O3/c1-18-9-11-19(12-10-18)17(22)14-3-2-8-20(13-14)15-4-6-16(7-5-15)21(23)24/h4-7,14H,2-3,8-13H2,1H3. The number of benzene rings is 1. The summed E-state index contributed by atoms with van der Waals surface area (Å²) in [5.74, 6) is 0.284. The van der Waals surface area contributed by atoms with Gasteiger partial charge in [-0.2, -0.15) is 0 Å². The van der Waals surface area contributed by atoms with Crippen molar-refractivity contribution in [3.63, 3.8) is 0 Å². The van der Waals surface area contributed by atoms with Crippen molar-refractivity contribution in [1.82, 2.24) is 9.80 Å². The predicted octanol–water partition coefficient (Wildman–Crippen LogP) is 1.59. The predicted molar refractivity (Wildman–Crippen MR) is 92.1 cm³/mol. The summed E-state index contributed by atoms with van der Waals surface area (Å²) in [5.41, 5.74) is 1.05. The summed E-state index contributed by atoms with van der Waals surface area (Å²) in [7, 11) is 2.08. The van der Waals surface area contributed by atoms with Gasteiger partial charge < -0.3 is 14.7 Å². The summed E-state index contributed by atoms with van der Waals surface area (Å²) in [6.45, 7) is 5.08. The number of anilines is 1. The quantitative estimate of drug-likeness (QED) is 0.621. The van der Waals surface area contributed by atoms with Crippen molar-refractivity contribution < 1.29 is 9.72 Å². The molecule has 2 heterocycles. The fraction of sp³-hybridized carbons (Fsp3) is 0.588. The first-order chi connectivity index (χ1) is 11.5. The van der Waals surface area contributed by atoms with Crippen LogP contribution >= 0.6 is 0 Å². The van der Waals surface area contributed by atoms with Gasteiger partial charge in [0, 0.05) is 57.1 Å². The van der Waals surface area contributed by atoms with E-state index >= 15 is 0 Å². The van der Waals surface area contributed by atoms with Crippen LogP contribution in [0.1, 0.15) is 12.8 Å². The van der Waals surface area contributed by atoms with Crippen LogP contribution in [0.3, 0.4) is 0 Å². The molecule has 1 unspecified atom stereocenters. The van der Waals surface area contributed by atoms with Gasteiger partial charge in [-0.3, -0.25) is 14.9 Å². The highest BCUT2D eigenvalue weighted by molar-refractivity contribution is 5.80. The van der Waals surface area contributed by atoms with Crippen LogP contribution < -0.4 is 4.90 Å². The summed E-state index contributed by atoms with van der Waals surface area (Å²) in [5, 5.41) is 10.8. The molecule has 0 saturated carbocycles. The molecule has 2 saturated heterocycles. The molecule has 7 nitrogen and oxygen atoms in total. The van der Waals surface area contributed by atoms with Gasteiger partial charge in [0.15, 0.2) is 0 Å². The SMILES string of the molecule is CN1CCN(C(=O)C2CCCN(c3ccc([N+](=O)[O-])cc3)C2)CC1. The third-order valence-electron chi connectivity index (χ3n) is 5.01. The van der Waals surface area contributed by atoms with Gasteiger partial charge in [-0.05, 0) is 32.0 Å². The molecular weight excluding hydrogens is 308 g/mol. The van der Waals surface area contributed by atoms with Gasteiger partial charge in [-0.1, -0.05) is 0 Å². The molecule has 2 aliphatic rings. The van der Waals surface area contributed by atoms with E-state index in [0.29, 0.717) is 6.54 Å². The minimum absolute atomic E-state index is 0.0253. The van der Waals surface area contributed by atoms with Gasteiger partial charge >= 0.3 is 0 Å². The summed E-state index contributed by atoms with van der Waals surface area (Å²) < 4.78 is 0. The minimum Gasteiger partial charge on any atom is -0.371 e. The largest absolute Gasteiger partial charge is 0.371 e. The fourth-order valence-electron chi connectivity index (χ4n) is 3.48. The summed E-state index contributed by atoms with van der Waals surface area (Å²) in [6.07, 6.45) is 1.90. The van der Waals surface area contributed by atoms with E-state index < -0.39 is 0 Å². The van der Waals surface area contributed by atoms with E-state index in [4.69, 9.17) is 0 Å². The van der Waals surface area contributed by atoms with Crippen molar-refractivity contribution in [1.29, 1.82) is 0 Å². The second-order valence-electron chi connectivity index (χ2n) is 6.69. The van der Waals surface area contributed by atoms with Crippen LogP contribution in [0.25, 0.3) is 0 Å². The average molecular weight is 332 g/mol. The van der Waals surface area contributed by atoms with E-state index in [1.165, 1.54) is 12.1 Å². The minimum atomic E-state index is -0.389. The Morgan fingerprint density at radius 3 is 2.42 bits per heavy atom. The zero-order valence-electron chi connectivity index (χ0n) is 14.1. The number of piperazine rings is 1. The molecule has 0 radical (unpaired) electrons. The van der Waals surface area contributed by atoms with E-state index in [0.717, 1.165) is 51.3 Å². The molecule has 3 rings (SSSR count). The van der Waals surface area contributed by atoms with Crippen LogP contribution in [-0.4, -0.2) is 66.9 Å². The zero-order valence-corrected chi connectivity index (χ0v) is 14.1. The molecule has 0 spiro atoms. The van der Waals surface area contributed by atoms with E-state index in [-0.39, 0.29) is 22.4 Å². The second-order valence-corrected chi connectivity index (χ2v) is 6.69. The Balaban J connectivity index is 1.63. The Bertz CT molecular complexity index is 596.